The summed E-state index contributed by atoms with van der Waals surface area (Å²) in [7, 11) is -33.0. The molecule has 4 bridgehead atoms. The zero-order valence-corrected chi connectivity index (χ0v) is 47.2. The second-order valence-corrected chi connectivity index (χ2v) is 42.5. The summed E-state index contributed by atoms with van der Waals surface area (Å²) in [4.78, 5) is 0. The largest absolute Gasteiger partial charge is 0.474 e. The third kappa shape index (κ3) is 8.71. The molecule has 18 heteroatoms. The van der Waals surface area contributed by atoms with Gasteiger partial charge in [0.2, 0.25) is 0 Å². The maximum Gasteiger partial charge on any atom is 0.474 e. The Bertz CT molecular complexity index is 2470. The molecule has 0 atom stereocenters. The van der Waals surface area contributed by atoms with Gasteiger partial charge in [-0.05, 0) is 41.5 Å². The van der Waals surface area contributed by atoms with Crippen LogP contribution in [0.2, 0.25) is 26.2 Å². The van der Waals surface area contributed by atoms with E-state index in [1.807, 2.05) is 172 Å². The van der Waals surface area contributed by atoms with Gasteiger partial charge in [-0.15, -0.1) is 0 Å². The van der Waals surface area contributed by atoms with Crippen molar-refractivity contribution in [2.75, 3.05) is 0 Å². The highest BCUT2D eigenvalue weighted by Gasteiger charge is 2.74. The average Bonchev–Trinajstić information content (AvgIpc) is 3.38. The van der Waals surface area contributed by atoms with Crippen molar-refractivity contribution in [3.63, 3.8) is 0 Å². The van der Waals surface area contributed by atoms with E-state index in [1.54, 1.807) is 0 Å². The molecule has 3 saturated heterocycles. The smallest absolute Gasteiger partial charge is 0.402 e. The molecule has 10 nitrogen and oxygen atoms in total. The van der Waals surface area contributed by atoms with E-state index in [9.17, 15) is 0 Å². The first kappa shape index (κ1) is 47.4. The number of hydrogen-bond donors (Lipinski definition) is 0. The van der Waals surface area contributed by atoms with Gasteiger partial charge in [0.05, 0.1) is 0 Å². The molecule has 3 fully saturated rings. The quantitative estimate of drug-likeness (QED) is 0.182. The Hall–Kier alpha value is -4.90. The first-order chi connectivity index (χ1) is 33.9. The zero-order chi connectivity index (χ0) is 48.0. The van der Waals surface area contributed by atoms with Gasteiger partial charge < -0.3 is 41.2 Å². The molecular formula is C52H52O10Si8. The van der Waals surface area contributed by atoms with E-state index in [1.165, 1.54) is 0 Å². The lowest BCUT2D eigenvalue weighted by Gasteiger charge is -2.57. The van der Waals surface area contributed by atoms with Gasteiger partial charge in [-0.2, -0.15) is 0 Å². The van der Waals surface area contributed by atoms with Crippen LogP contribution < -0.4 is 41.5 Å². The van der Waals surface area contributed by atoms with Gasteiger partial charge in [0.15, 0.2) is 0 Å². The normalized spacial score (nSPS) is 26.7. The molecule has 3 heterocycles. The number of fused-ring (bicyclic) bond motifs is 4. The lowest BCUT2D eigenvalue weighted by atomic mass is 10.4. The van der Waals surface area contributed by atoms with Crippen LogP contribution in [0.5, 0.6) is 0 Å². The van der Waals surface area contributed by atoms with Crippen LogP contribution in [0.4, 0.5) is 0 Å². The highest BCUT2D eigenvalue weighted by Crippen LogP contribution is 2.42. The number of hydrogen-bond acceptors (Lipinski definition) is 10. The molecule has 8 aromatic rings. The van der Waals surface area contributed by atoms with Crippen LogP contribution in [0.3, 0.4) is 0 Å². The molecule has 0 amide bonds. The summed E-state index contributed by atoms with van der Waals surface area (Å²) in [6.45, 7) is 7.61. The van der Waals surface area contributed by atoms with E-state index >= 15 is 0 Å². The van der Waals surface area contributed by atoms with Crippen LogP contribution in [0.1, 0.15) is 0 Å². The molecule has 0 radical (unpaired) electrons. The minimum atomic E-state index is -4.21. The van der Waals surface area contributed by atoms with Crippen molar-refractivity contribution in [1.29, 1.82) is 0 Å². The molecule has 0 saturated carbocycles. The fourth-order valence-corrected chi connectivity index (χ4v) is 55.0. The van der Waals surface area contributed by atoms with Gasteiger partial charge in [-0.25, -0.2) is 0 Å². The van der Waals surface area contributed by atoms with Crippen LogP contribution in [-0.2, 0) is 41.2 Å². The zero-order valence-electron chi connectivity index (χ0n) is 39.2. The molecule has 352 valence electrons. The Labute approximate surface area is 418 Å². The van der Waals surface area contributed by atoms with Gasteiger partial charge in [0.25, 0.3) is 0 Å². The molecule has 70 heavy (non-hydrogen) atoms. The molecule has 8 aromatic carbocycles. The maximum atomic E-state index is 8.24. The maximum absolute atomic E-state index is 8.24. The standard InChI is InChI=1S/C52H52O10Si8/c1-63-53-64(2,58-68(47-33-17-7-18-34-47,48-35-19-8-20-36-48)61-67(57-63,45-29-13-5-14-30-45)46-31-15-6-16-32-46)56-66(4)54-65(3,55-63)59-69(49-37-21-9-22-38-49,50-39-23-10-24-40-50)62-70(60-66,51-41-25-11-26-42-51)52-43-27-12-28-44-52/h5-44H,1-4H3. The molecular weight excluding hydrogens is 1010 g/mol. The first-order valence-electron chi connectivity index (χ1n) is 23.4. The van der Waals surface area contributed by atoms with E-state index in [2.05, 4.69) is 97.1 Å². The Balaban J connectivity index is 1.21. The second-order valence-electron chi connectivity index (χ2n) is 17.9. The Kier molecular flexibility index (Phi) is 12.6. The molecule has 0 N–H and O–H groups in total. The van der Waals surface area contributed by atoms with Gasteiger partial charge in [-0.1, -0.05) is 243 Å². The Morgan fingerprint density at radius 1 is 0.171 bits per heavy atom. The van der Waals surface area contributed by atoms with Crippen molar-refractivity contribution in [2.24, 2.45) is 0 Å². The van der Waals surface area contributed by atoms with Crippen molar-refractivity contribution in [3.8, 4) is 0 Å². The van der Waals surface area contributed by atoms with Crippen LogP contribution in [-0.4, -0.2) is 69.5 Å². The number of rotatable bonds is 8. The van der Waals surface area contributed by atoms with E-state index < -0.39 is 69.5 Å². The highest BCUT2D eigenvalue weighted by atomic mass is 28.6. The summed E-state index contributed by atoms with van der Waals surface area (Å²) < 4.78 is 79.3. The fraction of sp³-hybridized carbons (Fsp3) is 0.0769. The van der Waals surface area contributed by atoms with E-state index in [4.69, 9.17) is 41.2 Å². The summed E-state index contributed by atoms with van der Waals surface area (Å²) in [5.74, 6) is 0. The van der Waals surface area contributed by atoms with Gasteiger partial charge in [0.1, 0.15) is 0 Å². The van der Waals surface area contributed by atoms with Crippen molar-refractivity contribution >= 4 is 111 Å². The van der Waals surface area contributed by atoms with Crippen molar-refractivity contribution in [3.05, 3.63) is 243 Å². The molecule has 0 unspecified atom stereocenters. The van der Waals surface area contributed by atoms with Crippen LogP contribution in [0, 0.1) is 0 Å². The predicted molar refractivity (Wildman–Crippen MR) is 289 cm³/mol. The summed E-state index contributed by atoms with van der Waals surface area (Å²) in [5, 5.41) is 6.77. The average molecular weight is 1060 g/mol. The third-order valence-electron chi connectivity index (χ3n) is 12.6. The van der Waals surface area contributed by atoms with Crippen LogP contribution in [0.25, 0.3) is 0 Å². The molecule has 0 spiro atoms. The Morgan fingerprint density at radius 3 is 0.429 bits per heavy atom. The molecule has 3 aliphatic heterocycles. The minimum absolute atomic E-state index is 0.846. The minimum Gasteiger partial charge on any atom is -0.402 e. The topological polar surface area (TPSA) is 92.3 Å². The third-order valence-corrected chi connectivity index (χ3v) is 48.3. The van der Waals surface area contributed by atoms with Gasteiger partial charge >= 0.3 is 69.5 Å². The summed E-state index contributed by atoms with van der Waals surface area (Å²) >= 11 is 0. The lowest BCUT2D eigenvalue weighted by molar-refractivity contribution is 0.0657. The second kappa shape index (κ2) is 18.6. The first-order valence-corrected chi connectivity index (χ1v) is 39.5. The molecule has 11 rings (SSSR count). The summed E-state index contributed by atoms with van der Waals surface area (Å²) in [6, 6.07) is 81.2. The fourth-order valence-electron chi connectivity index (χ4n) is 10.00. The van der Waals surface area contributed by atoms with Gasteiger partial charge in [-0.3, -0.25) is 0 Å². The summed E-state index contributed by atoms with van der Waals surface area (Å²) in [6.07, 6.45) is 0. The van der Waals surface area contributed by atoms with Crippen LogP contribution in [0.15, 0.2) is 243 Å². The number of benzene rings is 8. The van der Waals surface area contributed by atoms with Gasteiger partial charge in [0, 0.05) is 26.2 Å². The SMILES string of the molecule is C[Si]12O[Si](C)(O[Si]3(C)O[Si](C)(O1)O[Si](c1ccccc1)(c1ccccc1)O[Si](c1ccccc1)(c1ccccc1)O3)O[Si](c1ccccc1)(c1ccccc1)O[Si](c1ccccc1)(c1ccccc1)O2. The highest BCUT2D eigenvalue weighted by molar-refractivity contribution is 7.12. The molecule has 0 aliphatic carbocycles. The van der Waals surface area contributed by atoms with E-state index in [0.717, 1.165) is 41.5 Å². The Morgan fingerprint density at radius 2 is 0.300 bits per heavy atom. The van der Waals surface area contributed by atoms with Crippen molar-refractivity contribution < 1.29 is 41.2 Å². The predicted octanol–water partition coefficient (Wildman–Crippen LogP) is 5.49. The monoisotopic (exact) mass is 1060 g/mol. The van der Waals surface area contributed by atoms with Crippen LogP contribution >= 0.6 is 0 Å². The molecule has 3 aliphatic rings. The summed E-state index contributed by atoms with van der Waals surface area (Å²) in [5.41, 5.74) is 0. The van der Waals surface area contributed by atoms with E-state index in [-0.39, 0.29) is 0 Å². The van der Waals surface area contributed by atoms with Crippen molar-refractivity contribution in [2.45, 2.75) is 26.2 Å². The lowest BCUT2D eigenvalue weighted by Crippen LogP contribution is -2.87. The van der Waals surface area contributed by atoms with Crippen molar-refractivity contribution in [1.82, 2.24) is 0 Å². The molecule has 0 aromatic heterocycles. The van der Waals surface area contributed by atoms with E-state index in [0.29, 0.717) is 0 Å².